The lowest BCUT2D eigenvalue weighted by Crippen LogP contribution is -2.35. The molecule has 0 saturated carbocycles. The smallest absolute Gasteiger partial charge is 0.242 e. The van der Waals surface area contributed by atoms with E-state index in [1.165, 1.54) is 0 Å². The zero-order valence-corrected chi connectivity index (χ0v) is 10.4. The van der Waals surface area contributed by atoms with E-state index < -0.39 is 0 Å². The van der Waals surface area contributed by atoms with Crippen LogP contribution in [0.5, 0.6) is 0 Å². The van der Waals surface area contributed by atoms with Gasteiger partial charge in [-0.1, -0.05) is 0 Å². The first-order chi connectivity index (χ1) is 8.10. The zero-order chi connectivity index (χ0) is 12.4. The van der Waals surface area contributed by atoms with Crippen LogP contribution in [0.4, 0.5) is 5.82 Å². The van der Waals surface area contributed by atoms with Crippen molar-refractivity contribution in [1.82, 2.24) is 15.1 Å². The zero-order valence-electron chi connectivity index (χ0n) is 10.4. The molecule has 94 valence electrons. The van der Waals surface area contributed by atoms with Crippen molar-refractivity contribution < 1.29 is 9.53 Å². The van der Waals surface area contributed by atoms with E-state index in [4.69, 9.17) is 4.74 Å². The number of nitrogens with one attached hydrogen (secondary N) is 2. The van der Waals surface area contributed by atoms with Crippen LogP contribution in [0.1, 0.15) is 12.1 Å². The summed E-state index contributed by atoms with van der Waals surface area (Å²) in [5.41, 5.74) is 0.886. The molecule has 1 amide bonds. The molecular formula is C11H18N4O2. The quantitative estimate of drug-likeness (QED) is 0.780. The van der Waals surface area contributed by atoms with Gasteiger partial charge >= 0.3 is 0 Å². The largest absolute Gasteiger partial charge is 0.380 e. The number of hydrogen-bond acceptors (Lipinski definition) is 4. The SMILES string of the molecule is CO[C@@H]1CN[C@H](C(=O)Nc2cc(C)nn2C)C1. The van der Waals surface area contributed by atoms with Crippen LogP contribution < -0.4 is 10.6 Å². The van der Waals surface area contributed by atoms with E-state index in [9.17, 15) is 4.79 Å². The Hall–Kier alpha value is -1.40. The van der Waals surface area contributed by atoms with Gasteiger partial charge in [-0.25, -0.2) is 0 Å². The van der Waals surface area contributed by atoms with Crippen molar-refractivity contribution in [2.75, 3.05) is 19.0 Å². The minimum absolute atomic E-state index is 0.0347. The van der Waals surface area contributed by atoms with E-state index in [-0.39, 0.29) is 18.1 Å². The first-order valence-electron chi connectivity index (χ1n) is 5.68. The number of hydrogen-bond donors (Lipinski definition) is 2. The van der Waals surface area contributed by atoms with Crippen molar-refractivity contribution >= 4 is 11.7 Å². The van der Waals surface area contributed by atoms with E-state index in [2.05, 4.69) is 15.7 Å². The summed E-state index contributed by atoms with van der Waals surface area (Å²) in [6.45, 7) is 2.61. The average Bonchev–Trinajstić information content (AvgIpc) is 2.86. The molecule has 1 saturated heterocycles. The molecule has 2 atom stereocenters. The highest BCUT2D eigenvalue weighted by Gasteiger charge is 2.29. The lowest BCUT2D eigenvalue weighted by molar-refractivity contribution is -0.118. The molecule has 0 bridgehead atoms. The van der Waals surface area contributed by atoms with E-state index in [0.717, 1.165) is 18.1 Å². The van der Waals surface area contributed by atoms with Crippen LogP contribution in [0.2, 0.25) is 0 Å². The van der Waals surface area contributed by atoms with Crippen LogP contribution in [0.15, 0.2) is 6.07 Å². The van der Waals surface area contributed by atoms with Gasteiger partial charge in [-0.2, -0.15) is 5.10 Å². The molecule has 0 aliphatic carbocycles. The summed E-state index contributed by atoms with van der Waals surface area (Å²) in [5, 5.41) is 10.2. The topological polar surface area (TPSA) is 68.2 Å². The number of amides is 1. The molecule has 2 rings (SSSR count). The Morgan fingerprint density at radius 3 is 3.00 bits per heavy atom. The van der Waals surface area contributed by atoms with Gasteiger partial charge in [-0.3, -0.25) is 9.48 Å². The van der Waals surface area contributed by atoms with Crippen LogP contribution in [0.3, 0.4) is 0 Å². The second-order valence-electron chi connectivity index (χ2n) is 4.34. The van der Waals surface area contributed by atoms with Gasteiger partial charge in [0.05, 0.1) is 17.8 Å². The summed E-state index contributed by atoms with van der Waals surface area (Å²) in [7, 11) is 3.47. The molecule has 17 heavy (non-hydrogen) atoms. The highest BCUT2D eigenvalue weighted by Crippen LogP contribution is 2.13. The summed E-state index contributed by atoms with van der Waals surface area (Å²) >= 11 is 0. The van der Waals surface area contributed by atoms with Gasteiger partial charge < -0.3 is 15.4 Å². The Kier molecular flexibility index (Phi) is 3.44. The number of aromatic nitrogens is 2. The van der Waals surface area contributed by atoms with E-state index in [0.29, 0.717) is 6.42 Å². The lowest BCUT2D eigenvalue weighted by Gasteiger charge is -2.11. The minimum atomic E-state index is -0.185. The van der Waals surface area contributed by atoms with Crippen LogP contribution >= 0.6 is 0 Å². The molecular weight excluding hydrogens is 220 g/mol. The van der Waals surface area contributed by atoms with Gasteiger partial charge in [0.2, 0.25) is 5.91 Å². The Balaban J connectivity index is 1.96. The number of ether oxygens (including phenoxy) is 1. The fourth-order valence-corrected chi connectivity index (χ4v) is 2.02. The molecule has 2 heterocycles. The predicted octanol–water partition coefficient (Wildman–Crippen LogP) is 0.0439. The van der Waals surface area contributed by atoms with Crippen molar-refractivity contribution in [1.29, 1.82) is 0 Å². The molecule has 6 heteroatoms. The molecule has 1 fully saturated rings. The summed E-state index contributed by atoms with van der Waals surface area (Å²) in [5.74, 6) is 0.683. The molecule has 1 aromatic rings. The number of rotatable bonds is 3. The number of anilines is 1. The maximum atomic E-state index is 12.0. The molecule has 1 aromatic heterocycles. The standard InChI is InChI=1S/C11H18N4O2/c1-7-4-10(15(2)14-7)13-11(16)9-5-8(17-3)6-12-9/h4,8-9,12H,5-6H2,1-3H3,(H,13,16)/t8-,9-/m0/s1. The van der Waals surface area contributed by atoms with Gasteiger partial charge in [0.1, 0.15) is 5.82 Å². The van der Waals surface area contributed by atoms with Gasteiger partial charge in [-0.05, 0) is 13.3 Å². The maximum absolute atomic E-state index is 12.0. The molecule has 2 N–H and O–H groups in total. The van der Waals surface area contributed by atoms with Crippen molar-refractivity contribution in [3.63, 3.8) is 0 Å². The van der Waals surface area contributed by atoms with E-state index in [1.54, 1.807) is 11.8 Å². The van der Waals surface area contributed by atoms with Gasteiger partial charge in [0.25, 0.3) is 0 Å². The number of carbonyl (C=O) groups is 1. The van der Waals surface area contributed by atoms with Crippen LogP contribution in [0.25, 0.3) is 0 Å². The molecule has 6 nitrogen and oxygen atoms in total. The highest BCUT2D eigenvalue weighted by molar-refractivity contribution is 5.94. The molecule has 1 aliphatic heterocycles. The number of carbonyl (C=O) groups excluding carboxylic acids is 1. The van der Waals surface area contributed by atoms with E-state index in [1.807, 2.05) is 20.0 Å². The molecule has 0 radical (unpaired) electrons. The fraction of sp³-hybridized carbons (Fsp3) is 0.636. The first kappa shape index (κ1) is 12.1. The second kappa shape index (κ2) is 4.85. The lowest BCUT2D eigenvalue weighted by atomic mass is 10.2. The molecule has 0 spiro atoms. The second-order valence-corrected chi connectivity index (χ2v) is 4.34. The Morgan fingerprint density at radius 1 is 1.71 bits per heavy atom. The number of aryl methyl sites for hydroxylation is 2. The summed E-state index contributed by atoms with van der Waals surface area (Å²) in [4.78, 5) is 12.0. The number of methoxy groups -OCH3 is 1. The van der Waals surface area contributed by atoms with Gasteiger partial charge in [0, 0.05) is 26.8 Å². The molecule has 1 aliphatic rings. The van der Waals surface area contributed by atoms with E-state index >= 15 is 0 Å². The Bertz CT molecular complexity index is 416. The predicted molar refractivity (Wildman–Crippen MR) is 63.8 cm³/mol. The summed E-state index contributed by atoms with van der Waals surface area (Å²) in [6.07, 6.45) is 0.832. The maximum Gasteiger partial charge on any atom is 0.242 e. The van der Waals surface area contributed by atoms with Crippen molar-refractivity contribution in [2.45, 2.75) is 25.5 Å². The third kappa shape index (κ3) is 2.65. The fourth-order valence-electron chi connectivity index (χ4n) is 2.02. The van der Waals surface area contributed by atoms with Crippen molar-refractivity contribution in [2.24, 2.45) is 7.05 Å². The van der Waals surface area contributed by atoms with Crippen LogP contribution in [-0.4, -0.2) is 41.5 Å². The highest BCUT2D eigenvalue weighted by atomic mass is 16.5. The van der Waals surface area contributed by atoms with Crippen molar-refractivity contribution in [3.8, 4) is 0 Å². The Morgan fingerprint density at radius 2 is 2.47 bits per heavy atom. The van der Waals surface area contributed by atoms with Gasteiger partial charge in [-0.15, -0.1) is 0 Å². The first-order valence-corrected chi connectivity index (χ1v) is 5.68. The van der Waals surface area contributed by atoms with Crippen molar-refractivity contribution in [3.05, 3.63) is 11.8 Å². The normalized spacial score (nSPS) is 23.9. The van der Waals surface area contributed by atoms with Crippen LogP contribution in [-0.2, 0) is 16.6 Å². The minimum Gasteiger partial charge on any atom is -0.380 e. The molecule has 0 aromatic carbocycles. The average molecular weight is 238 g/mol. The molecule has 0 unspecified atom stereocenters. The third-order valence-corrected chi connectivity index (χ3v) is 2.99. The third-order valence-electron chi connectivity index (χ3n) is 2.99. The monoisotopic (exact) mass is 238 g/mol. The van der Waals surface area contributed by atoms with Gasteiger partial charge in [0.15, 0.2) is 0 Å². The summed E-state index contributed by atoms with van der Waals surface area (Å²) < 4.78 is 6.87. The summed E-state index contributed by atoms with van der Waals surface area (Å²) in [6, 6.07) is 1.66. The Labute approximate surface area is 100 Å². The number of nitrogens with zero attached hydrogens (tertiary/aromatic N) is 2. The van der Waals surface area contributed by atoms with Crippen LogP contribution in [0, 0.1) is 6.92 Å².